The molecule has 3 aromatic rings. The number of hydrogen-bond acceptors (Lipinski definition) is 7. The fourth-order valence-electron chi connectivity index (χ4n) is 7.64. The van der Waals surface area contributed by atoms with Gasteiger partial charge in [0, 0.05) is 54.9 Å². The van der Waals surface area contributed by atoms with Crippen molar-refractivity contribution in [3.63, 3.8) is 0 Å². The largest absolute Gasteiger partial charge is 0.497 e. The van der Waals surface area contributed by atoms with Crippen LogP contribution in [-0.2, 0) is 19.2 Å². The van der Waals surface area contributed by atoms with Gasteiger partial charge in [-0.1, -0.05) is 57.2 Å². The summed E-state index contributed by atoms with van der Waals surface area (Å²) in [4.78, 5) is 63.6. The van der Waals surface area contributed by atoms with Crippen LogP contribution in [0.15, 0.2) is 67.3 Å². The number of ether oxygens (including phenoxy) is 2. The van der Waals surface area contributed by atoms with Crippen molar-refractivity contribution in [3.8, 4) is 22.8 Å². The SMILES string of the molecule is C=CC1CC1(NC(=O)[C@@H]1C[C@@H](Oc2cc(-c3ccccc3)nc3cc(OC)ccc23)CN1C(=O)[C@@H](CC(=O)N1CCCCC1)C(C)(C)C)C(C)=O. The zero-order valence-electron chi connectivity index (χ0n) is 30.4. The summed E-state index contributed by atoms with van der Waals surface area (Å²) in [5.41, 5.74) is 0.726. The molecule has 3 heterocycles. The number of aromatic nitrogens is 1. The molecule has 6 rings (SSSR count). The van der Waals surface area contributed by atoms with Gasteiger partial charge in [0.05, 0.1) is 30.8 Å². The number of carbonyl (C=O) groups excluding carboxylic acids is 4. The number of carbonyl (C=O) groups is 4. The summed E-state index contributed by atoms with van der Waals surface area (Å²) < 4.78 is 12.2. The van der Waals surface area contributed by atoms with Crippen LogP contribution in [0.2, 0.25) is 0 Å². The Hall–Kier alpha value is -4.73. The first kappa shape index (κ1) is 36.1. The van der Waals surface area contributed by atoms with E-state index in [0.717, 1.165) is 30.2 Å². The second-order valence-corrected chi connectivity index (χ2v) is 15.4. The fourth-order valence-corrected chi connectivity index (χ4v) is 7.64. The second kappa shape index (κ2) is 14.5. The fraction of sp³-hybridized carbons (Fsp3) is 0.488. The van der Waals surface area contributed by atoms with E-state index in [4.69, 9.17) is 14.5 Å². The van der Waals surface area contributed by atoms with Gasteiger partial charge >= 0.3 is 0 Å². The summed E-state index contributed by atoms with van der Waals surface area (Å²) in [7, 11) is 1.61. The van der Waals surface area contributed by atoms with Crippen molar-refractivity contribution in [2.45, 2.75) is 83.9 Å². The average molecular weight is 695 g/mol. The smallest absolute Gasteiger partial charge is 0.243 e. The molecule has 270 valence electrons. The van der Waals surface area contributed by atoms with Gasteiger partial charge < -0.3 is 24.6 Å². The molecule has 2 aromatic carbocycles. The third kappa shape index (κ3) is 7.51. The zero-order valence-corrected chi connectivity index (χ0v) is 30.4. The number of pyridine rings is 1. The normalized spacial score (nSPS) is 23.7. The first-order chi connectivity index (χ1) is 24.3. The first-order valence-corrected chi connectivity index (χ1v) is 18.1. The zero-order chi connectivity index (χ0) is 36.5. The number of methoxy groups -OCH3 is 1. The van der Waals surface area contributed by atoms with Gasteiger partial charge in [-0.3, -0.25) is 19.2 Å². The molecule has 3 fully saturated rings. The van der Waals surface area contributed by atoms with Crippen LogP contribution >= 0.6 is 0 Å². The molecule has 0 spiro atoms. The lowest BCUT2D eigenvalue weighted by molar-refractivity contribution is -0.148. The molecule has 1 aliphatic carbocycles. The number of benzene rings is 2. The monoisotopic (exact) mass is 694 g/mol. The first-order valence-electron chi connectivity index (χ1n) is 18.1. The van der Waals surface area contributed by atoms with Crippen molar-refractivity contribution >= 4 is 34.4 Å². The standard InChI is InChI=1S/C41H50N4O6/c1-7-28-24-41(28,26(2)46)43-38(48)35-21-30(25-45(35)39(49)32(40(3,4)5)22-37(47)44-18-12-9-13-19-44)51-36-23-33(27-14-10-8-11-15-27)42-34-20-29(50-6)16-17-31(34)36/h7-8,10-11,14-17,20,23,28,30,32,35H,1,9,12-13,18-19,21-22,24-25H2,2-6H3,(H,43,48)/t28?,30-,32-,35+,41?/m1/s1. The predicted molar refractivity (Wildman–Crippen MR) is 196 cm³/mol. The highest BCUT2D eigenvalue weighted by atomic mass is 16.5. The maximum Gasteiger partial charge on any atom is 0.243 e. The lowest BCUT2D eigenvalue weighted by Gasteiger charge is -2.36. The molecule has 5 atom stereocenters. The summed E-state index contributed by atoms with van der Waals surface area (Å²) in [6.45, 7) is 12.7. The van der Waals surface area contributed by atoms with Crippen LogP contribution in [0.1, 0.15) is 66.2 Å². The minimum absolute atomic E-state index is 0.0366. The number of rotatable bonds is 11. The molecule has 3 amide bonds. The Morgan fingerprint density at radius 2 is 1.78 bits per heavy atom. The van der Waals surface area contributed by atoms with E-state index in [2.05, 4.69) is 11.9 Å². The quantitative estimate of drug-likeness (QED) is 0.246. The molecule has 51 heavy (non-hydrogen) atoms. The van der Waals surface area contributed by atoms with E-state index in [1.165, 1.54) is 6.92 Å². The van der Waals surface area contributed by atoms with Gasteiger partial charge in [-0.05, 0) is 50.2 Å². The number of hydrogen-bond donors (Lipinski definition) is 1. The molecule has 1 saturated carbocycles. The Kier molecular flexibility index (Phi) is 10.2. The van der Waals surface area contributed by atoms with Crippen LogP contribution < -0.4 is 14.8 Å². The summed E-state index contributed by atoms with van der Waals surface area (Å²) in [6.07, 6.45) is 4.90. The van der Waals surface area contributed by atoms with Gasteiger partial charge in [0.1, 0.15) is 29.2 Å². The van der Waals surface area contributed by atoms with Crippen molar-refractivity contribution in [1.82, 2.24) is 20.1 Å². The summed E-state index contributed by atoms with van der Waals surface area (Å²) in [6, 6.07) is 16.4. The minimum atomic E-state index is -1.02. The Bertz CT molecular complexity index is 1810. The third-order valence-corrected chi connectivity index (χ3v) is 10.9. The number of amides is 3. The lowest BCUT2D eigenvalue weighted by atomic mass is 9.77. The summed E-state index contributed by atoms with van der Waals surface area (Å²) in [5.74, 6) is -0.450. The Labute approximate surface area is 300 Å². The Morgan fingerprint density at radius 1 is 1.06 bits per heavy atom. The lowest BCUT2D eigenvalue weighted by Crippen LogP contribution is -2.54. The minimum Gasteiger partial charge on any atom is -0.497 e. The van der Waals surface area contributed by atoms with Crippen molar-refractivity contribution in [2.24, 2.45) is 17.3 Å². The topological polar surface area (TPSA) is 118 Å². The van der Waals surface area contributed by atoms with E-state index >= 15 is 0 Å². The molecular weight excluding hydrogens is 644 g/mol. The van der Waals surface area contributed by atoms with Gasteiger partial charge in [0.2, 0.25) is 17.7 Å². The molecule has 0 bridgehead atoms. The average Bonchev–Trinajstić information content (AvgIpc) is 3.69. The number of likely N-dealkylation sites (tertiary alicyclic amines) is 2. The molecule has 2 unspecified atom stereocenters. The van der Waals surface area contributed by atoms with Crippen LogP contribution in [0.25, 0.3) is 22.2 Å². The Morgan fingerprint density at radius 3 is 2.41 bits per heavy atom. The van der Waals surface area contributed by atoms with E-state index < -0.39 is 34.9 Å². The van der Waals surface area contributed by atoms with Crippen molar-refractivity contribution in [1.29, 1.82) is 0 Å². The second-order valence-electron chi connectivity index (χ2n) is 15.4. The number of nitrogens with zero attached hydrogens (tertiary/aromatic N) is 3. The van der Waals surface area contributed by atoms with Gasteiger partial charge in [0.25, 0.3) is 0 Å². The van der Waals surface area contributed by atoms with Crippen LogP contribution in [0.5, 0.6) is 11.5 Å². The number of piperidine rings is 1. The highest BCUT2D eigenvalue weighted by molar-refractivity contribution is 5.98. The van der Waals surface area contributed by atoms with Crippen LogP contribution in [0, 0.1) is 17.3 Å². The maximum absolute atomic E-state index is 14.7. The Balaban J connectivity index is 1.33. The maximum atomic E-state index is 14.7. The van der Waals surface area contributed by atoms with Crippen molar-refractivity contribution in [3.05, 3.63) is 67.3 Å². The van der Waals surface area contributed by atoms with Gasteiger partial charge in [0.15, 0.2) is 5.78 Å². The van der Waals surface area contributed by atoms with E-state index in [1.807, 2.05) is 80.3 Å². The van der Waals surface area contributed by atoms with E-state index in [9.17, 15) is 19.2 Å². The van der Waals surface area contributed by atoms with Gasteiger partial charge in [-0.15, -0.1) is 6.58 Å². The van der Waals surface area contributed by atoms with E-state index in [1.54, 1.807) is 18.1 Å². The molecular formula is C41H50N4O6. The molecule has 2 saturated heterocycles. The number of ketones is 1. The molecule has 10 heteroatoms. The highest BCUT2D eigenvalue weighted by Crippen LogP contribution is 2.45. The molecule has 10 nitrogen and oxygen atoms in total. The summed E-state index contributed by atoms with van der Waals surface area (Å²) in [5, 5.41) is 3.78. The van der Waals surface area contributed by atoms with Crippen LogP contribution in [-0.4, -0.2) is 82.7 Å². The predicted octanol–water partition coefficient (Wildman–Crippen LogP) is 5.97. The third-order valence-electron chi connectivity index (χ3n) is 10.9. The molecule has 1 N–H and O–H groups in total. The van der Waals surface area contributed by atoms with Crippen molar-refractivity contribution in [2.75, 3.05) is 26.7 Å². The van der Waals surface area contributed by atoms with Gasteiger partial charge in [-0.2, -0.15) is 0 Å². The van der Waals surface area contributed by atoms with Crippen LogP contribution in [0.3, 0.4) is 0 Å². The number of fused-ring (bicyclic) bond motifs is 1. The number of nitrogens with one attached hydrogen (secondary N) is 1. The van der Waals surface area contributed by atoms with Gasteiger partial charge in [-0.25, -0.2) is 4.98 Å². The number of Topliss-reactive ketones (excluding diaryl/α,β-unsaturated/α-hetero) is 1. The van der Waals surface area contributed by atoms with Crippen molar-refractivity contribution < 1.29 is 28.7 Å². The molecule has 0 radical (unpaired) electrons. The summed E-state index contributed by atoms with van der Waals surface area (Å²) >= 11 is 0. The molecule has 1 aromatic heterocycles. The molecule has 2 aliphatic heterocycles. The van der Waals surface area contributed by atoms with E-state index in [0.29, 0.717) is 42.2 Å². The van der Waals surface area contributed by atoms with Crippen LogP contribution in [0.4, 0.5) is 0 Å². The highest BCUT2D eigenvalue weighted by Gasteiger charge is 2.59. The molecule has 3 aliphatic rings. The van der Waals surface area contributed by atoms with E-state index in [-0.39, 0.29) is 42.9 Å².